The molecule has 24 heteroatoms. The fraction of sp³-hybridized carbons (Fsp3) is 0.846. The summed E-state index contributed by atoms with van der Waals surface area (Å²) < 4.78 is 24.0. The van der Waals surface area contributed by atoms with Gasteiger partial charge in [-0.05, 0) is 116 Å². The first kappa shape index (κ1) is 84.6. The van der Waals surface area contributed by atoms with E-state index in [0.717, 1.165) is 160 Å². The molecule has 0 amide bonds. The number of ketones is 1. The molecule has 0 aliphatic carbocycles. The van der Waals surface area contributed by atoms with E-state index in [2.05, 4.69) is 83.2 Å². The Hall–Kier alpha value is 2.16. The Labute approximate surface area is 533 Å². The molecule has 6 N–H and O–H groups in total. The van der Waals surface area contributed by atoms with Gasteiger partial charge in [-0.2, -0.15) is 23.5 Å². The predicted molar refractivity (Wildman–Crippen MR) is 361 cm³/mol. The van der Waals surface area contributed by atoms with E-state index in [1.54, 1.807) is 16.2 Å². The maximum absolute atomic E-state index is 11.2. The van der Waals surface area contributed by atoms with Gasteiger partial charge < -0.3 is 50.8 Å². The van der Waals surface area contributed by atoms with E-state index in [-0.39, 0.29) is 18.5 Å². The van der Waals surface area contributed by atoms with E-state index in [1.807, 2.05) is 75.0 Å². The van der Waals surface area contributed by atoms with Crippen LogP contribution in [0.15, 0.2) is 4.99 Å². The first-order valence-electron chi connectivity index (χ1n) is 26.2. The number of thiocarbonyl (C=S) groups is 2. The van der Waals surface area contributed by atoms with Gasteiger partial charge in [0.15, 0.2) is 5.96 Å². The topological polar surface area (TPSA) is 169 Å². The van der Waals surface area contributed by atoms with E-state index in [0.29, 0.717) is 38.2 Å². The minimum absolute atomic E-state index is 0.105. The number of likely N-dealkylation sites (N-methyl/N-ethyl adjacent to an activating group) is 2. The number of nitrogens with zero attached hydrogens (tertiary/aromatic N) is 1. The van der Waals surface area contributed by atoms with Crippen LogP contribution in [0.3, 0.4) is 0 Å². The molecular formula is C52H102N6O6S6Se6. The van der Waals surface area contributed by atoms with Gasteiger partial charge in [0, 0.05) is 62.2 Å². The summed E-state index contributed by atoms with van der Waals surface area (Å²) in [7, 11) is 6.91. The van der Waals surface area contributed by atoms with Gasteiger partial charge in [0.2, 0.25) is 0 Å². The van der Waals surface area contributed by atoms with Crippen LogP contribution in [0, 0.1) is 5.41 Å². The number of hydrogen-bond acceptors (Lipinski definition) is 16. The number of Topliss-reactive ketones (excluding diaryl/α,β-unsaturated/α-hetero) is 1. The minimum atomic E-state index is -0.704. The average Bonchev–Trinajstić information content (AvgIpc) is 3.38. The monoisotopic (exact) mass is 1580 g/mol. The standard InChI is InChI=1S/C13H30N6.C13H24O6.C13H24S6.C13H24Se6/c4*1-11(14)7-5-4-6-8-18-13(15)19-10-12(17-3)9-16-2/h12,14,16-17H,4-10H2,1-3H3,(H3,15,18,19);3*12H,4-10H2,1-3H3. The average molecular weight is 1570 g/mol. The molecule has 0 aromatic rings. The molecule has 0 radical (unpaired) electrons. The summed E-state index contributed by atoms with van der Waals surface area (Å²) in [6, 6.07) is 0.306. The summed E-state index contributed by atoms with van der Waals surface area (Å²) in [5.41, 5.74) is 6.55. The molecule has 448 valence electrons. The van der Waals surface area contributed by atoms with Crippen LogP contribution in [0.1, 0.15) is 130 Å². The fourth-order valence-corrected chi connectivity index (χ4v) is 24.7. The summed E-state index contributed by atoms with van der Waals surface area (Å²) in [4.78, 5) is 28.4. The van der Waals surface area contributed by atoms with Gasteiger partial charge in [-0.3, -0.25) is 4.99 Å². The van der Waals surface area contributed by atoms with Crippen molar-refractivity contribution < 1.29 is 28.5 Å². The number of aliphatic imine (C=N–C) groups is 1. The van der Waals surface area contributed by atoms with Crippen LogP contribution in [0.5, 0.6) is 0 Å². The number of carbonyl (C=O) groups excluding carboxylic acids is 2. The van der Waals surface area contributed by atoms with E-state index in [9.17, 15) is 9.59 Å². The van der Waals surface area contributed by atoms with Gasteiger partial charge in [-0.25, -0.2) is 4.79 Å². The SMILES string of the molecule is CNCC(CN=C(N)NCCCCCC(C)=N)NC.COCC(COC(=O)OCCCCCC(C)=O)OC.CSCC(CSC(=S)SCCCCCC(C)=S)SC.C[Se]CC(C[Se]C(=[Se])[Se]CCCCCC(C)=[Se])[Se]C. The quantitative estimate of drug-likeness (QED) is 0.00974. The molecule has 0 aliphatic heterocycles. The van der Waals surface area contributed by atoms with Gasteiger partial charge in [0.05, 0.1) is 19.8 Å². The number of ether oxygens (including phenoxy) is 4. The first-order valence-corrected chi connectivity index (χ1v) is 43.2. The number of nitrogens with one attached hydrogen (secondary N) is 4. The number of nitrogens with two attached hydrogens (primary N) is 1. The van der Waals surface area contributed by atoms with Crippen LogP contribution in [0.2, 0.25) is 32.4 Å². The van der Waals surface area contributed by atoms with Crippen molar-refractivity contribution in [3.8, 4) is 0 Å². The zero-order chi connectivity index (χ0) is 58.0. The second-order valence-electron chi connectivity index (χ2n) is 17.5. The third kappa shape index (κ3) is 70.4. The number of thioether (sulfide) groups is 4. The molecule has 4 atom stereocenters. The van der Waals surface area contributed by atoms with Gasteiger partial charge in [-0.15, -0.1) is 23.5 Å². The van der Waals surface area contributed by atoms with Crippen molar-refractivity contribution in [2.75, 3.05) is 97.5 Å². The van der Waals surface area contributed by atoms with Gasteiger partial charge >= 0.3 is 169 Å². The normalized spacial score (nSPS) is 12.5. The summed E-state index contributed by atoms with van der Waals surface area (Å²) >= 11 is 27.9. The number of guanidine groups is 1. The van der Waals surface area contributed by atoms with Crippen LogP contribution in [-0.2, 0) is 23.7 Å². The Morgan fingerprint density at radius 2 is 1.45 bits per heavy atom. The van der Waals surface area contributed by atoms with Gasteiger partial charge in [0.25, 0.3) is 0 Å². The Kier molecular flexibility index (Phi) is 73.8. The van der Waals surface area contributed by atoms with E-state index in [1.165, 1.54) is 78.2 Å². The zero-order valence-corrected chi connectivity index (χ0v) is 63.7. The van der Waals surface area contributed by atoms with E-state index in [4.69, 9.17) is 54.5 Å². The summed E-state index contributed by atoms with van der Waals surface area (Å²) in [5.74, 6) is 9.04. The third-order valence-corrected chi connectivity index (χ3v) is 30.1. The van der Waals surface area contributed by atoms with Crippen LogP contribution in [-0.4, -0.2) is 245 Å². The molecule has 76 heavy (non-hydrogen) atoms. The number of hydrogen-bond donors (Lipinski definition) is 5. The van der Waals surface area contributed by atoms with Gasteiger partial charge in [0.1, 0.15) is 22.0 Å². The van der Waals surface area contributed by atoms with Gasteiger partial charge in [-0.1, -0.05) is 37.3 Å². The van der Waals surface area contributed by atoms with Crippen molar-refractivity contribution in [2.45, 2.75) is 180 Å². The Morgan fingerprint density at radius 1 is 0.789 bits per heavy atom. The number of carbonyl (C=O) groups is 2. The molecular weight excluding hydrogens is 1470 g/mol. The molecule has 0 fully saturated rings. The van der Waals surface area contributed by atoms with E-state index < -0.39 is 6.16 Å². The maximum atomic E-state index is 11.2. The van der Waals surface area contributed by atoms with Crippen LogP contribution >= 0.6 is 71.5 Å². The van der Waals surface area contributed by atoms with Crippen molar-refractivity contribution in [1.82, 2.24) is 16.0 Å². The molecule has 4 unspecified atom stereocenters. The fourth-order valence-electron chi connectivity index (χ4n) is 5.82. The molecule has 0 saturated carbocycles. The Morgan fingerprint density at radius 3 is 2.03 bits per heavy atom. The Bertz CT molecular complexity index is 1370. The number of methoxy groups -OCH3 is 2. The van der Waals surface area contributed by atoms with Crippen LogP contribution < -0.4 is 21.7 Å². The molecule has 0 rings (SSSR count). The Balaban J connectivity index is -0.000000455. The molecule has 0 bridgehead atoms. The van der Waals surface area contributed by atoms with Crippen molar-refractivity contribution in [2.24, 2.45) is 10.7 Å². The molecule has 12 nitrogen and oxygen atoms in total. The van der Waals surface area contributed by atoms with Crippen molar-refractivity contribution >= 4 is 201 Å². The predicted octanol–water partition coefficient (Wildman–Crippen LogP) is 10.2. The van der Waals surface area contributed by atoms with Crippen LogP contribution in [0.4, 0.5) is 4.79 Å². The number of rotatable bonds is 46. The van der Waals surface area contributed by atoms with Crippen molar-refractivity contribution in [3.63, 3.8) is 0 Å². The second-order valence-corrected chi connectivity index (χ2v) is 38.6. The summed E-state index contributed by atoms with van der Waals surface area (Å²) in [6.07, 6.45) is 20.9. The summed E-state index contributed by atoms with van der Waals surface area (Å²) in [6.45, 7) is 10.8. The number of unbranched alkanes of at least 4 members (excludes halogenated alkanes) is 8. The van der Waals surface area contributed by atoms with Crippen molar-refractivity contribution in [3.05, 3.63) is 0 Å². The zero-order valence-electron chi connectivity index (χ0n) is 48.5. The first-order chi connectivity index (χ1) is 36.4. The molecule has 0 heterocycles. The molecule has 0 aliphatic rings. The molecule has 0 aromatic carbocycles. The second kappa shape index (κ2) is 66.3. The molecule has 0 saturated heterocycles. The van der Waals surface area contributed by atoms with E-state index >= 15 is 0 Å². The summed E-state index contributed by atoms with van der Waals surface area (Å²) in [5, 5.41) is 22.0. The van der Waals surface area contributed by atoms with Crippen molar-refractivity contribution in [1.29, 1.82) is 5.41 Å². The van der Waals surface area contributed by atoms with Crippen LogP contribution in [0.25, 0.3) is 0 Å². The molecule has 0 aromatic heterocycles. The third-order valence-electron chi connectivity index (χ3n) is 10.3. The molecule has 0 spiro atoms.